The van der Waals surface area contributed by atoms with Gasteiger partial charge in [0.15, 0.2) is 0 Å². The summed E-state index contributed by atoms with van der Waals surface area (Å²) >= 11 is 0. The Morgan fingerprint density at radius 2 is 1.84 bits per heavy atom. The fourth-order valence-electron chi connectivity index (χ4n) is 2.02. The number of hydrogen-bond donors (Lipinski definition) is 1. The van der Waals surface area contributed by atoms with E-state index in [0.29, 0.717) is 6.54 Å². The minimum atomic E-state index is -0.186. The second-order valence-corrected chi connectivity index (χ2v) is 4.40. The van der Waals surface area contributed by atoms with Gasteiger partial charge in [0.1, 0.15) is 0 Å². The van der Waals surface area contributed by atoms with Crippen molar-refractivity contribution >= 4 is 23.6 Å². The molecule has 5 nitrogen and oxygen atoms in total. The molecule has 1 aromatic carbocycles. The van der Waals surface area contributed by atoms with Gasteiger partial charge < -0.3 is 10.6 Å². The molecule has 5 heteroatoms. The number of rotatable bonds is 3. The highest BCUT2D eigenvalue weighted by Gasteiger charge is 2.28. The Labute approximate surface area is 112 Å². The van der Waals surface area contributed by atoms with Gasteiger partial charge in [0.05, 0.1) is 13.1 Å². The second kappa shape index (κ2) is 5.67. The zero-order chi connectivity index (χ0) is 13.8. The molecular formula is C14H17N3O2. The van der Waals surface area contributed by atoms with Crippen LogP contribution in [0, 0.1) is 0 Å². The third-order valence-corrected chi connectivity index (χ3v) is 3.11. The van der Waals surface area contributed by atoms with Gasteiger partial charge in [-0.2, -0.15) is 0 Å². The highest BCUT2D eigenvalue weighted by molar-refractivity contribution is 6.02. The first-order valence-electron chi connectivity index (χ1n) is 6.13. The van der Waals surface area contributed by atoms with Crippen LogP contribution in [0.15, 0.2) is 30.3 Å². The van der Waals surface area contributed by atoms with Crippen LogP contribution < -0.4 is 10.6 Å². The molecule has 2 N–H and O–H groups in total. The largest absolute Gasteiger partial charge is 0.352 e. The Morgan fingerprint density at radius 3 is 2.47 bits per heavy atom. The van der Waals surface area contributed by atoms with E-state index in [1.54, 1.807) is 4.90 Å². The molecule has 1 heterocycles. The number of likely N-dealkylation sites (N-methyl/N-ethyl adjacent to an activating group) is 1. The molecule has 1 aromatic rings. The van der Waals surface area contributed by atoms with E-state index in [-0.39, 0.29) is 24.9 Å². The van der Waals surface area contributed by atoms with Gasteiger partial charge in [0.2, 0.25) is 11.8 Å². The molecule has 0 unspecified atom stereocenters. The molecule has 19 heavy (non-hydrogen) atoms. The van der Waals surface area contributed by atoms with Crippen LogP contribution in [0.4, 0.5) is 5.69 Å². The SMILES string of the molecule is CN1C(=O)CN(c2ccccc2/C=C/CN)CC1=O. The summed E-state index contributed by atoms with van der Waals surface area (Å²) < 4.78 is 0. The smallest absolute Gasteiger partial charge is 0.248 e. The van der Waals surface area contributed by atoms with Crippen LogP contribution in [0.1, 0.15) is 5.56 Å². The Hall–Kier alpha value is -2.14. The van der Waals surface area contributed by atoms with Gasteiger partial charge in [-0.1, -0.05) is 30.4 Å². The highest BCUT2D eigenvalue weighted by Crippen LogP contribution is 2.23. The van der Waals surface area contributed by atoms with Crippen LogP contribution in [0.2, 0.25) is 0 Å². The van der Waals surface area contributed by atoms with Crippen LogP contribution in [0.3, 0.4) is 0 Å². The van der Waals surface area contributed by atoms with Gasteiger partial charge in [-0.05, 0) is 11.6 Å². The summed E-state index contributed by atoms with van der Waals surface area (Å²) in [6.45, 7) is 0.889. The lowest BCUT2D eigenvalue weighted by Gasteiger charge is -2.32. The van der Waals surface area contributed by atoms with E-state index in [1.807, 2.05) is 36.4 Å². The standard InChI is InChI=1S/C14H17N3O2/c1-16-13(18)9-17(10-14(16)19)12-7-3-2-5-11(12)6-4-8-15/h2-7H,8-10,15H2,1H3/b6-4+. The van der Waals surface area contributed by atoms with Crippen molar-refractivity contribution in [2.24, 2.45) is 5.73 Å². The maximum absolute atomic E-state index is 11.7. The zero-order valence-electron chi connectivity index (χ0n) is 10.9. The predicted molar refractivity (Wildman–Crippen MR) is 74.5 cm³/mol. The molecule has 2 amide bonds. The summed E-state index contributed by atoms with van der Waals surface area (Å²) in [6.07, 6.45) is 3.75. The molecule has 1 fully saturated rings. The summed E-state index contributed by atoms with van der Waals surface area (Å²) in [5, 5.41) is 0. The van der Waals surface area contributed by atoms with Crippen molar-refractivity contribution in [3.05, 3.63) is 35.9 Å². The Bertz CT molecular complexity index is 507. The van der Waals surface area contributed by atoms with E-state index in [4.69, 9.17) is 5.73 Å². The monoisotopic (exact) mass is 259 g/mol. The molecule has 100 valence electrons. The number of nitrogens with two attached hydrogens (primary N) is 1. The molecule has 1 aliphatic rings. The van der Waals surface area contributed by atoms with Crippen LogP contribution in [0.25, 0.3) is 6.08 Å². The number of anilines is 1. The summed E-state index contributed by atoms with van der Waals surface area (Å²) in [5.74, 6) is -0.372. The Morgan fingerprint density at radius 1 is 1.21 bits per heavy atom. The number of carbonyl (C=O) groups excluding carboxylic acids is 2. The first-order valence-corrected chi connectivity index (χ1v) is 6.13. The van der Waals surface area contributed by atoms with Gasteiger partial charge in [0.25, 0.3) is 0 Å². The maximum Gasteiger partial charge on any atom is 0.248 e. The average molecular weight is 259 g/mol. The normalized spacial score (nSPS) is 16.5. The van der Waals surface area contributed by atoms with Gasteiger partial charge in [-0.25, -0.2) is 0 Å². The number of amides is 2. The average Bonchev–Trinajstić information content (AvgIpc) is 2.42. The number of hydrogen-bond acceptors (Lipinski definition) is 4. The van der Waals surface area contributed by atoms with Crippen molar-refractivity contribution in [2.75, 3.05) is 31.6 Å². The van der Waals surface area contributed by atoms with Crippen LogP contribution in [-0.4, -0.2) is 43.4 Å². The van der Waals surface area contributed by atoms with E-state index in [0.717, 1.165) is 11.3 Å². The molecule has 0 aliphatic carbocycles. The minimum absolute atomic E-state index is 0.186. The molecular weight excluding hydrogens is 242 g/mol. The van der Waals surface area contributed by atoms with Crippen LogP contribution in [-0.2, 0) is 9.59 Å². The number of piperazine rings is 1. The minimum Gasteiger partial charge on any atom is -0.352 e. The molecule has 0 saturated carbocycles. The lowest BCUT2D eigenvalue weighted by molar-refractivity contribution is -0.143. The third-order valence-electron chi connectivity index (χ3n) is 3.11. The molecule has 0 atom stereocenters. The van der Waals surface area contributed by atoms with Gasteiger partial charge in [-0.3, -0.25) is 14.5 Å². The fourth-order valence-corrected chi connectivity index (χ4v) is 2.02. The van der Waals surface area contributed by atoms with Gasteiger partial charge in [-0.15, -0.1) is 0 Å². The number of carbonyl (C=O) groups is 2. The van der Waals surface area contributed by atoms with Gasteiger partial charge >= 0.3 is 0 Å². The van der Waals surface area contributed by atoms with E-state index in [2.05, 4.69) is 0 Å². The van der Waals surface area contributed by atoms with Crippen molar-refractivity contribution in [3.63, 3.8) is 0 Å². The van der Waals surface area contributed by atoms with Crippen LogP contribution in [0.5, 0.6) is 0 Å². The Kier molecular flexibility index (Phi) is 3.97. The summed E-state index contributed by atoms with van der Waals surface area (Å²) in [6, 6.07) is 7.65. The van der Waals surface area contributed by atoms with E-state index in [1.165, 1.54) is 11.9 Å². The summed E-state index contributed by atoms with van der Waals surface area (Å²) in [5.41, 5.74) is 7.29. The van der Waals surface area contributed by atoms with Crippen LogP contribution >= 0.6 is 0 Å². The van der Waals surface area contributed by atoms with E-state index < -0.39 is 0 Å². The molecule has 0 radical (unpaired) electrons. The summed E-state index contributed by atoms with van der Waals surface area (Å²) in [4.78, 5) is 26.4. The first kappa shape index (κ1) is 13.3. The molecule has 1 saturated heterocycles. The van der Waals surface area contributed by atoms with Crippen molar-refractivity contribution < 1.29 is 9.59 Å². The number of benzene rings is 1. The highest BCUT2D eigenvalue weighted by atomic mass is 16.2. The predicted octanol–water partition coefficient (Wildman–Crippen LogP) is 0.463. The second-order valence-electron chi connectivity index (χ2n) is 4.40. The van der Waals surface area contributed by atoms with Gasteiger partial charge in [0, 0.05) is 19.3 Å². The Balaban J connectivity index is 2.29. The molecule has 0 spiro atoms. The lowest BCUT2D eigenvalue weighted by atomic mass is 10.1. The molecule has 2 rings (SSSR count). The van der Waals surface area contributed by atoms with Crippen molar-refractivity contribution in [1.29, 1.82) is 0 Å². The van der Waals surface area contributed by atoms with Crippen molar-refractivity contribution in [1.82, 2.24) is 4.90 Å². The topological polar surface area (TPSA) is 66.6 Å². The van der Waals surface area contributed by atoms with Crippen molar-refractivity contribution in [3.8, 4) is 0 Å². The fraction of sp³-hybridized carbons (Fsp3) is 0.286. The number of para-hydroxylation sites is 1. The molecule has 1 aliphatic heterocycles. The lowest BCUT2D eigenvalue weighted by Crippen LogP contribution is -2.52. The zero-order valence-corrected chi connectivity index (χ0v) is 10.9. The quantitative estimate of drug-likeness (QED) is 0.801. The van der Waals surface area contributed by atoms with Crippen molar-refractivity contribution in [2.45, 2.75) is 0 Å². The maximum atomic E-state index is 11.7. The van der Waals surface area contributed by atoms with E-state index in [9.17, 15) is 9.59 Å². The number of imide groups is 1. The third kappa shape index (κ3) is 2.82. The molecule has 0 aromatic heterocycles. The first-order chi connectivity index (χ1) is 9.13. The molecule has 0 bridgehead atoms. The van der Waals surface area contributed by atoms with E-state index >= 15 is 0 Å². The number of nitrogens with zero attached hydrogens (tertiary/aromatic N) is 2. The summed E-state index contributed by atoms with van der Waals surface area (Å²) in [7, 11) is 1.52.